The Morgan fingerprint density at radius 3 is 2.67 bits per heavy atom. The minimum atomic E-state index is -0.223. The molecule has 4 nitrogen and oxygen atoms in total. The molecule has 2 aromatic carbocycles. The molecular formula is C18H12Cl3N3OS2. The van der Waals surface area contributed by atoms with Crippen molar-refractivity contribution in [2.24, 2.45) is 5.10 Å². The third-order valence-corrected chi connectivity index (χ3v) is 6.31. The molecule has 0 atom stereocenters. The molecule has 27 heavy (non-hydrogen) atoms. The van der Waals surface area contributed by atoms with Crippen molar-refractivity contribution in [3.63, 3.8) is 0 Å². The van der Waals surface area contributed by atoms with Crippen LogP contribution in [0.4, 0.5) is 0 Å². The largest absolute Gasteiger partial charge is 0.272 e. The first kappa shape index (κ1) is 20.2. The van der Waals surface area contributed by atoms with Gasteiger partial charge in [-0.25, -0.2) is 10.4 Å². The maximum Gasteiger partial charge on any atom is 0.250 e. The Kier molecular flexibility index (Phi) is 7.15. The van der Waals surface area contributed by atoms with Crippen LogP contribution >= 0.6 is 57.9 Å². The van der Waals surface area contributed by atoms with Gasteiger partial charge in [0, 0.05) is 16.0 Å². The lowest BCUT2D eigenvalue weighted by molar-refractivity contribution is -0.118. The van der Waals surface area contributed by atoms with Crippen LogP contribution in [0, 0.1) is 0 Å². The highest BCUT2D eigenvalue weighted by atomic mass is 35.5. The van der Waals surface area contributed by atoms with E-state index in [0.717, 1.165) is 21.2 Å². The Morgan fingerprint density at radius 2 is 1.93 bits per heavy atom. The summed E-state index contributed by atoms with van der Waals surface area (Å²) in [6.45, 7) is 0. The Labute approximate surface area is 179 Å². The average molecular weight is 457 g/mol. The van der Waals surface area contributed by atoms with E-state index >= 15 is 0 Å². The van der Waals surface area contributed by atoms with Crippen molar-refractivity contribution in [2.75, 3.05) is 5.75 Å². The van der Waals surface area contributed by atoms with Crippen LogP contribution in [-0.4, -0.2) is 22.9 Å². The minimum Gasteiger partial charge on any atom is -0.272 e. The first-order chi connectivity index (χ1) is 13.0. The van der Waals surface area contributed by atoms with Gasteiger partial charge in [-0.05, 0) is 29.8 Å². The van der Waals surface area contributed by atoms with Crippen LogP contribution in [0.2, 0.25) is 15.1 Å². The van der Waals surface area contributed by atoms with Crippen molar-refractivity contribution in [1.82, 2.24) is 10.4 Å². The number of hydrogen-bond acceptors (Lipinski definition) is 5. The number of carbonyl (C=O) groups is 1. The van der Waals surface area contributed by atoms with Gasteiger partial charge in [0.1, 0.15) is 0 Å². The zero-order valence-corrected chi connectivity index (χ0v) is 17.6. The number of benzene rings is 2. The van der Waals surface area contributed by atoms with Crippen molar-refractivity contribution in [3.05, 3.63) is 68.5 Å². The maximum absolute atomic E-state index is 11.9. The third-order valence-electron chi connectivity index (χ3n) is 3.30. The molecule has 0 spiro atoms. The Balaban J connectivity index is 1.50. The second kappa shape index (κ2) is 9.57. The van der Waals surface area contributed by atoms with Gasteiger partial charge in [0.15, 0.2) is 4.34 Å². The minimum absolute atomic E-state index is 0.215. The van der Waals surface area contributed by atoms with Crippen LogP contribution < -0.4 is 5.43 Å². The van der Waals surface area contributed by atoms with Crippen LogP contribution in [0.1, 0.15) is 5.56 Å². The predicted molar refractivity (Wildman–Crippen MR) is 115 cm³/mol. The number of nitrogens with one attached hydrogen (secondary N) is 1. The number of carbonyl (C=O) groups excluding carboxylic acids is 1. The fourth-order valence-corrected chi connectivity index (χ4v) is 4.07. The number of hydrazone groups is 1. The highest BCUT2D eigenvalue weighted by molar-refractivity contribution is 8.01. The molecule has 0 bridgehead atoms. The Bertz CT molecular complexity index is 974. The molecule has 0 saturated carbocycles. The van der Waals surface area contributed by atoms with Crippen LogP contribution in [0.15, 0.2) is 57.3 Å². The molecule has 0 fully saturated rings. The highest BCUT2D eigenvalue weighted by Gasteiger charge is 2.08. The number of amides is 1. The molecule has 9 heteroatoms. The Morgan fingerprint density at radius 1 is 1.15 bits per heavy atom. The molecule has 0 unspecified atom stereocenters. The number of hydrogen-bond donors (Lipinski definition) is 1. The van der Waals surface area contributed by atoms with Gasteiger partial charge in [0.2, 0.25) is 0 Å². The number of nitrogens with zero attached hydrogens (tertiary/aromatic N) is 2. The van der Waals surface area contributed by atoms with Gasteiger partial charge in [-0.15, -0.1) is 11.3 Å². The molecule has 3 rings (SSSR count). The maximum atomic E-state index is 11.9. The second-order valence-corrected chi connectivity index (χ2v) is 8.59. The summed E-state index contributed by atoms with van der Waals surface area (Å²) in [5.41, 5.74) is 5.06. The van der Waals surface area contributed by atoms with E-state index in [1.165, 1.54) is 29.3 Å². The molecule has 1 heterocycles. The number of halogens is 3. The van der Waals surface area contributed by atoms with E-state index in [4.69, 9.17) is 34.8 Å². The molecule has 0 saturated heterocycles. The fraction of sp³-hybridized carbons (Fsp3) is 0.0556. The highest BCUT2D eigenvalue weighted by Crippen LogP contribution is 2.28. The summed E-state index contributed by atoms with van der Waals surface area (Å²) in [7, 11) is 0. The SMILES string of the molecule is O=C(CSc1nc(-c2ccc(Cl)cc2)cs1)N/N=C/c1ccc(Cl)c(Cl)c1. The molecule has 3 aromatic rings. The van der Waals surface area contributed by atoms with Crippen molar-refractivity contribution >= 4 is 70.0 Å². The van der Waals surface area contributed by atoms with E-state index < -0.39 is 0 Å². The number of aromatic nitrogens is 1. The summed E-state index contributed by atoms with van der Waals surface area (Å²) < 4.78 is 0.809. The molecule has 1 aromatic heterocycles. The average Bonchev–Trinajstić information content (AvgIpc) is 3.12. The molecule has 0 aliphatic heterocycles. The lowest BCUT2D eigenvalue weighted by Gasteiger charge is -1.99. The van der Waals surface area contributed by atoms with Crippen LogP contribution in [0.5, 0.6) is 0 Å². The summed E-state index contributed by atoms with van der Waals surface area (Å²) in [6.07, 6.45) is 1.51. The van der Waals surface area contributed by atoms with Gasteiger partial charge in [0.05, 0.1) is 27.7 Å². The number of thioether (sulfide) groups is 1. The van der Waals surface area contributed by atoms with Crippen molar-refractivity contribution in [2.45, 2.75) is 4.34 Å². The summed E-state index contributed by atoms with van der Waals surface area (Å²) in [5, 5.41) is 7.45. The quantitative estimate of drug-likeness (QED) is 0.280. The van der Waals surface area contributed by atoms with Gasteiger partial charge in [-0.3, -0.25) is 4.79 Å². The zero-order valence-electron chi connectivity index (χ0n) is 13.7. The summed E-state index contributed by atoms with van der Waals surface area (Å²) in [4.78, 5) is 16.4. The predicted octanol–water partition coefficient (Wildman–Crippen LogP) is 6.01. The van der Waals surface area contributed by atoms with Crippen molar-refractivity contribution in [3.8, 4) is 11.3 Å². The standard InChI is InChI=1S/C18H12Cl3N3OS2/c19-13-4-2-12(3-5-13)16-9-26-18(23-16)27-10-17(25)24-22-8-11-1-6-14(20)15(21)7-11/h1-9H,10H2,(H,24,25)/b22-8+. The summed E-state index contributed by atoms with van der Waals surface area (Å²) in [5.74, 6) is -0.00807. The molecular weight excluding hydrogens is 445 g/mol. The third kappa shape index (κ3) is 5.96. The van der Waals surface area contributed by atoms with Gasteiger partial charge in [-0.1, -0.05) is 64.8 Å². The van der Waals surface area contributed by atoms with E-state index in [1.807, 2.05) is 29.6 Å². The lowest BCUT2D eigenvalue weighted by Crippen LogP contribution is -2.19. The number of rotatable bonds is 6. The second-order valence-electron chi connectivity index (χ2n) is 5.26. The van der Waals surface area contributed by atoms with Gasteiger partial charge < -0.3 is 0 Å². The van der Waals surface area contributed by atoms with Crippen LogP contribution in [-0.2, 0) is 4.79 Å². The smallest absolute Gasteiger partial charge is 0.250 e. The first-order valence-electron chi connectivity index (χ1n) is 7.62. The topological polar surface area (TPSA) is 54.4 Å². The van der Waals surface area contributed by atoms with E-state index in [0.29, 0.717) is 15.1 Å². The monoisotopic (exact) mass is 455 g/mol. The van der Waals surface area contributed by atoms with E-state index in [-0.39, 0.29) is 11.7 Å². The summed E-state index contributed by atoms with van der Waals surface area (Å²) in [6, 6.07) is 12.6. The normalized spacial score (nSPS) is 11.1. The first-order valence-corrected chi connectivity index (χ1v) is 10.6. The van der Waals surface area contributed by atoms with Gasteiger partial charge >= 0.3 is 0 Å². The molecule has 0 radical (unpaired) electrons. The van der Waals surface area contributed by atoms with Gasteiger partial charge in [0.25, 0.3) is 5.91 Å². The van der Waals surface area contributed by atoms with Gasteiger partial charge in [-0.2, -0.15) is 5.10 Å². The van der Waals surface area contributed by atoms with E-state index in [2.05, 4.69) is 15.5 Å². The molecule has 138 valence electrons. The fourth-order valence-electron chi connectivity index (χ4n) is 2.01. The van der Waals surface area contributed by atoms with E-state index in [1.54, 1.807) is 18.2 Å². The molecule has 0 aliphatic carbocycles. The van der Waals surface area contributed by atoms with Crippen molar-refractivity contribution < 1.29 is 4.79 Å². The van der Waals surface area contributed by atoms with Crippen LogP contribution in [0.25, 0.3) is 11.3 Å². The lowest BCUT2D eigenvalue weighted by atomic mass is 10.2. The number of thiazole rings is 1. The zero-order chi connectivity index (χ0) is 19.2. The summed E-state index contributed by atoms with van der Waals surface area (Å²) >= 11 is 20.5. The molecule has 1 amide bonds. The molecule has 1 N–H and O–H groups in total. The van der Waals surface area contributed by atoms with E-state index in [9.17, 15) is 4.79 Å². The van der Waals surface area contributed by atoms with Crippen molar-refractivity contribution in [1.29, 1.82) is 0 Å². The Hall–Kier alpha value is -1.57. The molecule has 0 aliphatic rings. The van der Waals surface area contributed by atoms with Crippen LogP contribution in [0.3, 0.4) is 0 Å².